The third kappa shape index (κ3) is 5.09. The fourth-order valence-electron chi connectivity index (χ4n) is 5.57. The highest BCUT2D eigenvalue weighted by atomic mass is 32.1. The molecule has 2 N–H and O–H groups in total. The number of aromatic nitrogens is 1. The number of aliphatic carboxylic acids is 1. The SMILES string of the molecule is CCN1CCCc2cc3c(-c4ccccc4C(=O)NCCCC(=O)O)c(-c4nc5ccccc5s4)c(=O)oc3cc21. The van der Waals surface area contributed by atoms with E-state index in [2.05, 4.69) is 23.2 Å². The number of rotatable bonds is 8. The molecule has 2 aromatic heterocycles. The van der Waals surface area contributed by atoms with E-state index in [1.54, 1.807) is 12.1 Å². The maximum absolute atomic E-state index is 13.8. The fourth-order valence-corrected chi connectivity index (χ4v) is 6.58. The molecule has 6 rings (SSSR count). The Morgan fingerprint density at radius 1 is 1.10 bits per heavy atom. The monoisotopic (exact) mass is 567 g/mol. The molecule has 0 spiro atoms. The standard InChI is InChI=1S/C32H29N3O5S/c1-2-35-16-8-9-19-17-22-25(18-24(19)35)40-32(39)29(31-34-23-12-5-6-13-26(23)41-31)28(22)20-10-3-4-11-21(20)30(38)33-15-7-14-27(36)37/h3-6,10-13,17-18H,2,7-9,14-16H2,1H3,(H,33,38)(H,36,37). The highest BCUT2D eigenvalue weighted by Crippen LogP contribution is 2.42. The van der Waals surface area contributed by atoms with Gasteiger partial charge in [0.2, 0.25) is 0 Å². The Morgan fingerprint density at radius 2 is 1.90 bits per heavy atom. The molecule has 0 bridgehead atoms. The number of carboxylic acid groups (broad SMARTS) is 1. The summed E-state index contributed by atoms with van der Waals surface area (Å²) < 4.78 is 6.94. The number of nitrogens with zero attached hydrogens (tertiary/aromatic N) is 2. The Hall–Kier alpha value is -4.50. The predicted molar refractivity (Wildman–Crippen MR) is 162 cm³/mol. The lowest BCUT2D eigenvalue weighted by Gasteiger charge is -2.30. The van der Waals surface area contributed by atoms with Gasteiger partial charge in [0.1, 0.15) is 16.2 Å². The van der Waals surface area contributed by atoms with Gasteiger partial charge in [0.25, 0.3) is 5.91 Å². The van der Waals surface area contributed by atoms with E-state index in [0.29, 0.717) is 39.3 Å². The molecular weight excluding hydrogens is 538 g/mol. The fraction of sp³-hybridized carbons (Fsp3) is 0.250. The molecule has 5 aromatic rings. The molecule has 0 saturated carbocycles. The molecule has 8 nitrogen and oxygen atoms in total. The van der Waals surface area contributed by atoms with Gasteiger partial charge in [0.15, 0.2) is 0 Å². The van der Waals surface area contributed by atoms with Crippen LogP contribution in [0.2, 0.25) is 0 Å². The van der Waals surface area contributed by atoms with Crippen LogP contribution < -0.4 is 15.8 Å². The zero-order valence-corrected chi connectivity index (χ0v) is 23.4. The minimum Gasteiger partial charge on any atom is -0.481 e. The quantitative estimate of drug-likeness (QED) is 0.172. The number of carbonyl (C=O) groups excluding carboxylic acids is 1. The number of carbonyl (C=O) groups is 2. The highest BCUT2D eigenvalue weighted by Gasteiger charge is 2.26. The summed E-state index contributed by atoms with van der Waals surface area (Å²) in [6.07, 6.45) is 2.22. The Balaban J connectivity index is 1.59. The van der Waals surface area contributed by atoms with Crippen molar-refractivity contribution in [3.05, 3.63) is 82.2 Å². The van der Waals surface area contributed by atoms with Gasteiger partial charge in [-0.25, -0.2) is 9.78 Å². The number of amides is 1. The molecule has 208 valence electrons. The minimum atomic E-state index is -0.910. The number of benzene rings is 3. The smallest absolute Gasteiger partial charge is 0.347 e. The number of para-hydroxylation sites is 1. The van der Waals surface area contributed by atoms with Crippen molar-refractivity contribution in [1.29, 1.82) is 0 Å². The van der Waals surface area contributed by atoms with Gasteiger partial charge in [0, 0.05) is 54.3 Å². The summed E-state index contributed by atoms with van der Waals surface area (Å²) in [6.45, 7) is 4.13. The first-order chi connectivity index (χ1) is 19.9. The molecule has 0 radical (unpaired) electrons. The highest BCUT2D eigenvalue weighted by molar-refractivity contribution is 7.21. The molecule has 41 heavy (non-hydrogen) atoms. The summed E-state index contributed by atoms with van der Waals surface area (Å²) in [5.74, 6) is -1.25. The number of hydrogen-bond acceptors (Lipinski definition) is 7. The van der Waals surface area contributed by atoms with Gasteiger partial charge in [0.05, 0.1) is 10.2 Å². The summed E-state index contributed by atoms with van der Waals surface area (Å²) in [5.41, 5.74) is 4.91. The second-order valence-electron chi connectivity index (χ2n) is 10.1. The molecule has 1 amide bonds. The van der Waals surface area contributed by atoms with Crippen LogP contribution in [0.25, 0.3) is 42.9 Å². The zero-order valence-electron chi connectivity index (χ0n) is 22.6. The number of thiazole rings is 1. The van der Waals surface area contributed by atoms with Crippen molar-refractivity contribution >= 4 is 50.1 Å². The van der Waals surface area contributed by atoms with E-state index < -0.39 is 11.6 Å². The van der Waals surface area contributed by atoms with Crippen LogP contribution in [-0.2, 0) is 11.2 Å². The van der Waals surface area contributed by atoms with Crippen LogP contribution in [0.15, 0.2) is 69.9 Å². The van der Waals surface area contributed by atoms with Crippen LogP contribution in [0.3, 0.4) is 0 Å². The predicted octanol–water partition coefficient (Wildman–Crippen LogP) is 6.10. The second-order valence-corrected chi connectivity index (χ2v) is 11.1. The van der Waals surface area contributed by atoms with Gasteiger partial charge in [-0.3, -0.25) is 9.59 Å². The third-order valence-corrected chi connectivity index (χ3v) is 8.56. The van der Waals surface area contributed by atoms with E-state index in [4.69, 9.17) is 14.5 Å². The van der Waals surface area contributed by atoms with E-state index >= 15 is 0 Å². The Kier molecular flexibility index (Phi) is 7.28. The Morgan fingerprint density at radius 3 is 2.71 bits per heavy atom. The molecule has 9 heteroatoms. The lowest BCUT2D eigenvalue weighted by atomic mass is 9.90. The maximum atomic E-state index is 13.8. The van der Waals surface area contributed by atoms with Crippen molar-refractivity contribution in [1.82, 2.24) is 10.3 Å². The van der Waals surface area contributed by atoms with E-state index in [1.165, 1.54) is 16.9 Å². The van der Waals surface area contributed by atoms with Crippen LogP contribution in [0.4, 0.5) is 5.69 Å². The van der Waals surface area contributed by atoms with Gasteiger partial charge < -0.3 is 19.7 Å². The van der Waals surface area contributed by atoms with Gasteiger partial charge >= 0.3 is 11.6 Å². The molecule has 0 atom stereocenters. The van der Waals surface area contributed by atoms with E-state index in [-0.39, 0.29) is 18.9 Å². The van der Waals surface area contributed by atoms with Crippen molar-refractivity contribution in [3.8, 4) is 21.7 Å². The first-order valence-electron chi connectivity index (χ1n) is 13.8. The van der Waals surface area contributed by atoms with Crippen LogP contribution >= 0.6 is 11.3 Å². The second kappa shape index (κ2) is 11.2. The summed E-state index contributed by atoms with van der Waals surface area (Å²) in [7, 11) is 0. The molecule has 0 unspecified atom stereocenters. The van der Waals surface area contributed by atoms with Crippen molar-refractivity contribution in [2.45, 2.75) is 32.6 Å². The van der Waals surface area contributed by atoms with Crippen molar-refractivity contribution < 1.29 is 19.1 Å². The van der Waals surface area contributed by atoms with Crippen LogP contribution in [-0.4, -0.2) is 41.6 Å². The summed E-state index contributed by atoms with van der Waals surface area (Å²) >= 11 is 1.41. The van der Waals surface area contributed by atoms with Gasteiger partial charge in [-0.2, -0.15) is 0 Å². The van der Waals surface area contributed by atoms with Crippen LogP contribution in [0, 0.1) is 0 Å². The molecule has 0 saturated heterocycles. The van der Waals surface area contributed by atoms with Gasteiger partial charge in [-0.05, 0) is 61.6 Å². The van der Waals surface area contributed by atoms with E-state index in [0.717, 1.165) is 47.2 Å². The Labute approximate surface area is 240 Å². The van der Waals surface area contributed by atoms with Gasteiger partial charge in [-0.15, -0.1) is 11.3 Å². The zero-order chi connectivity index (χ0) is 28.5. The van der Waals surface area contributed by atoms with Crippen molar-refractivity contribution in [2.75, 3.05) is 24.5 Å². The van der Waals surface area contributed by atoms with Crippen molar-refractivity contribution in [2.24, 2.45) is 0 Å². The molecule has 3 aromatic carbocycles. The summed E-state index contributed by atoms with van der Waals surface area (Å²) in [5, 5.41) is 13.1. The lowest BCUT2D eigenvalue weighted by Crippen LogP contribution is -2.29. The number of fused-ring (bicyclic) bond motifs is 3. The first kappa shape index (κ1) is 26.7. The minimum absolute atomic E-state index is 0.0338. The molecule has 0 aliphatic carbocycles. The summed E-state index contributed by atoms with van der Waals surface area (Å²) in [6, 6.07) is 19.0. The average Bonchev–Trinajstić information content (AvgIpc) is 3.41. The largest absolute Gasteiger partial charge is 0.481 e. The normalized spacial score (nSPS) is 13.0. The average molecular weight is 568 g/mol. The van der Waals surface area contributed by atoms with Gasteiger partial charge in [-0.1, -0.05) is 30.3 Å². The molecule has 3 heterocycles. The molecule has 1 aliphatic rings. The van der Waals surface area contributed by atoms with Crippen molar-refractivity contribution in [3.63, 3.8) is 0 Å². The molecular formula is C32H29N3O5S. The number of nitrogens with one attached hydrogen (secondary N) is 1. The summed E-state index contributed by atoms with van der Waals surface area (Å²) in [4.78, 5) is 45.3. The van der Waals surface area contributed by atoms with E-state index in [1.807, 2.05) is 42.5 Å². The molecule has 0 fully saturated rings. The molecule has 1 aliphatic heterocycles. The topological polar surface area (TPSA) is 113 Å². The lowest BCUT2D eigenvalue weighted by molar-refractivity contribution is -0.137. The Bertz CT molecular complexity index is 1830. The van der Waals surface area contributed by atoms with Crippen LogP contribution in [0.5, 0.6) is 0 Å². The number of hydrogen-bond donors (Lipinski definition) is 2. The third-order valence-electron chi connectivity index (χ3n) is 7.51. The van der Waals surface area contributed by atoms with Crippen LogP contribution in [0.1, 0.15) is 42.1 Å². The number of carboxylic acids is 1. The number of anilines is 1. The number of aryl methyl sites for hydroxylation is 1. The first-order valence-corrected chi connectivity index (χ1v) is 14.6. The van der Waals surface area contributed by atoms with E-state index in [9.17, 15) is 14.4 Å². The maximum Gasteiger partial charge on any atom is 0.347 e.